The molecule has 3 aliphatic rings. The first kappa shape index (κ1) is 17.0. The van der Waals surface area contributed by atoms with Gasteiger partial charge < -0.3 is 9.64 Å². The molecule has 1 atom stereocenters. The van der Waals surface area contributed by atoms with E-state index in [-0.39, 0.29) is 13.0 Å². The van der Waals surface area contributed by atoms with E-state index in [4.69, 9.17) is 4.74 Å². The summed E-state index contributed by atoms with van der Waals surface area (Å²) < 4.78 is 48.2. The third-order valence-corrected chi connectivity index (χ3v) is 5.95. The molecule has 1 aromatic heterocycles. The van der Waals surface area contributed by atoms with Gasteiger partial charge in [-0.2, -0.15) is 0 Å². The van der Waals surface area contributed by atoms with E-state index in [2.05, 4.69) is 14.9 Å². The average molecular weight is 356 g/mol. The fourth-order valence-corrected chi connectivity index (χ4v) is 4.43. The molecule has 0 aromatic carbocycles. The van der Waals surface area contributed by atoms with Crippen LogP contribution in [0.15, 0.2) is 12.4 Å². The maximum Gasteiger partial charge on any atom is 0.257 e. The van der Waals surface area contributed by atoms with Crippen LogP contribution in [-0.4, -0.2) is 66.2 Å². The van der Waals surface area contributed by atoms with Crippen molar-refractivity contribution >= 4 is 5.95 Å². The zero-order chi connectivity index (χ0) is 17.5. The quantitative estimate of drug-likeness (QED) is 0.814. The Hall–Kier alpha value is -1.41. The highest BCUT2D eigenvalue weighted by Crippen LogP contribution is 2.50. The van der Waals surface area contributed by atoms with Crippen molar-refractivity contribution in [3.8, 4) is 0 Å². The zero-order valence-electron chi connectivity index (χ0n) is 14.1. The number of piperidine rings is 1. The Labute approximate surface area is 145 Å². The molecule has 0 saturated carbocycles. The lowest BCUT2D eigenvalue weighted by Crippen LogP contribution is -2.59. The van der Waals surface area contributed by atoms with Gasteiger partial charge in [0, 0.05) is 51.9 Å². The second-order valence-electron chi connectivity index (χ2n) is 7.42. The first-order chi connectivity index (χ1) is 12.0. The van der Waals surface area contributed by atoms with E-state index in [1.165, 1.54) is 0 Å². The third-order valence-electron chi connectivity index (χ3n) is 5.95. The first-order valence-electron chi connectivity index (χ1n) is 8.91. The van der Waals surface area contributed by atoms with E-state index < -0.39 is 17.2 Å². The predicted octanol–water partition coefficient (Wildman–Crippen LogP) is 2.33. The van der Waals surface area contributed by atoms with Crippen LogP contribution in [0.2, 0.25) is 0 Å². The van der Waals surface area contributed by atoms with Gasteiger partial charge in [-0.3, -0.25) is 4.90 Å². The number of ether oxygens (including phenoxy) is 1. The molecule has 1 aromatic rings. The van der Waals surface area contributed by atoms with Crippen LogP contribution < -0.4 is 4.90 Å². The SMILES string of the molecule is Fc1cnc(N2CCC3(C2)CN(C2CCOCC2)CCC3(F)F)nc1. The predicted molar refractivity (Wildman–Crippen MR) is 86.2 cm³/mol. The Morgan fingerprint density at radius 2 is 1.76 bits per heavy atom. The van der Waals surface area contributed by atoms with Crippen LogP contribution in [0.25, 0.3) is 0 Å². The number of anilines is 1. The molecule has 3 saturated heterocycles. The van der Waals surface area contributed by atoms with E-state index >= 15 is 0 Å². The van der Waals surface area contributed by atoms with Gasteiger partial charge >= 0.3 is 0 Å². The summed E-state index contributed by atoms with van der Waals surface area (Å²) in [6, 6.07) is 0.331. The molecule has 138 valence electrons. The number of hydrogen-bond donors (Lipinski definition) is 0. The maximum atomic E-state index is 14.9. The molecular weight excluding hydrogens is 333 g/mol. The number of halogens is 3. The number of nitrogens with zero attached hydrogens (tertiary/aromatic N) is 4. The maximum absolute atomic E-state index is 14.9. The Morgan fingerprint density at radius 1 is 1.04 bits per heavy atom. The summed E-state index contributed by atoms with van der Waals surface area (Å²) in [5.74, 6) is -2.90. The Kier molecular flexibility index (Phi) is 4.35. The number of likely N-dealkylation sites (tertiary alicyclic amines) is 1. The molecule has 0 amide bonds. The van der Waals surface area contributed by atoms with Crippen LogP contribution in [0.5, 0.6) is 0 Å². The minimum atomic E-state index is -2.70. The summed E-state index contributed by atoms with van der Waals surface area (Å²) in [5.41, 5.74) is -1.08. The van der Waals surface area contributed by atoms with E-state index in [0.29, 0.717) is 51.3 Å². The van der Waals surface area contributed by atoms with Crippen molar-refractivity contribution < 1.29 is 17.9 Å². The van der Waals surface area contributed by atoms with Crippen molar-refractivity contribution in [1.82, 2.24) is 14.9 Å². The standard InChI is InChI=1S/C17H23F3N4O/c18-13-9-21-15(22-10-13)24-5-3-16(12-24)11-23(6-4-17(16,19)20)14-1-7-25-8-2-14/h9-10,14H,1-8,11-12H2. The number of alkyl halides is 2. The van der Waals surface area contributed by atoms with Gasteiger partial charge in [-0.1, -0.05) is 0 Å². The van der Waals surface area contributed by atoms with Gasteiger partial charge in [0.1, 0.15) is 0 Å². The van der Waals surface area contributed by atoms with Crippen molar-refractivity contribution in [3.05, 3.63) is 18.2 Å². The van der Waals surface area contributed by atoms with Crippen molar-refractivity contribution in [1.29, 1.82) is 0 Å². The topological polar surface area (TPSA) is 41.5 Å². The molecule has 25 heavy (non-hydrogen) atoms. The summed E-state index contributed by atoms with van der Waals surface area (Å²) in [6.07, 6.45) is 4.28. The molecule has 8 heteroatoms. The number of hydrogen-bond acceptors (Lipinski definition) is 5. The second kappa shape index (κ2) is 6.39. The van der Waals surface area contributed by atoms with E-state index in [1.54, 1.807) is 4.90 Å². The summed E-state index contributed by atoms with van der Waals surface area (Å²) >= 11 is 0. The molecule has 0 aliphatic carbocycles. The van der Waals surface area contributed by atoms with Crippen LogP contribution in [0.3, 0.4) is 0 Å². The van der Waals surface area contributed by atoms with Crippen molar-refractivity contribution in [2.24, 2.45) is 5.41 Å². The number of rotatable bonds is 2. The van der Waals surface area contributed by atoms with Crippen LogP contribution in [0.4, 0.5) is 19.1 Å². The van der Waals surface area contributed by atoms with Gasteiger partial charge in [-0.05, 0) is 19.3 Å². The fourth-order valence-electron chi connectivity index (χ4n) is 4.43. The normalized spacial score (nSPS) is 30.9. The van der Waals surface area contributed by atoms with Gasteiger partial charge in [0.15, 0.2) is 5.82 Å². The van der Waals surface area contributed by atoms with Crippen molar-refractivity contribution in [3.63, 3.8) is 0 Å². The monoisotopic (exact) mass is 356 g/mol. The van der Waals surface area contributed by atoms with Crippen LogP contribution in [0.1, 0.15) is 25.7 Å². The molecule has 5 nitrogen and oxygen atoms in total. The summed E-state index contributed by atoms with van der Waals surface area (Å²) in [6.45, 7) is 2.93. The lowest BCUT2D eigenvalue weighted by Gasteiger charge is -2.49. The Bertz CT molecular complexity index is 608. The lowest BCUT2D eigenvalue weighted by atomic mass is 9.75. The lowest BCUT2D eigenvalue weighted by molar-refractivity contribution is -0.167. The molecule has 4 heterocycles. The van der Waals surface area contributed by atoms with E-state index in [0.717, 1.165) is 25.2 Å². The summed E-state index contributed by atoms with van der Waals surface area (Å²) in [5, 5.41) is 0. The van der Waals surface area contributed by atoms with Gasteiger partial charge in [0.25, 0.3) is 5.92 Å². The summed E-state index contributed by atoms with van der Waals surface area (Å²) in [7, 11) is 0. The van der Waals surface area contributed by atoms with E-state index in [9.17, 15) is 13.2 Å². The molecule has 3 fully saturated rings. The molecule has 1 unspecified atom stereocenters. The average Bonchev–Trinajstić information content (AvgIpc) is 3.05. The fraction of sp³-hybridized carbons (Fsp3) is 0.765. The van der Waals surface area contributed by atoms with Crippen LogP contribution in [0, 0.1) is 11.2 Å². The van der Waals surface area contributed by atoms with Crippen LogP contribution >= 0.6 is 0 Å². The first-order valence-corrected chi connectivity index (χ1v) is 8.91. The molecule has 0 bridgehead atoms. The molecule has 0 N–H and O–H groups in total. The molecule has 4 rings (SSSR count). The van der Waals surface area contributed by atoms with Gasteiger partial charge in [-0.15, -0.1) is 0 Å². The highest BCUT2D eigenvalue weighted by Gasteiger charge is 2.60. The zero-order valence-corrected chi connectivity index (χ0v) is 14.1. The molecule has 1 spiro atoms. The third kappa shape index (κ3) is 3.10. The molecule has 0 radical (unpaired) electrons. The Morgan fingerprint density at radius 3 is 2.48 bits per heavy atom. The van der Waals surface area contributed by atoms with Crippen LogP contribution in [-0.2, 0) is 4.74 Å². The van der Waals surface area contributed by atoms with Gasteiger partial charge in [-0.25, -0.2) is 23.1 Å². The summed E-state index contributed by atoms with van der Waals surface area (Å²) in [4.78, 5) is 11.9. The smallest absolute Gasteiger partial charge is 0.257 e. The largest absolute Gasteiger partial charge is 0.381 e. The highest BCUT2D eigenvalue weighted by atomic mass is 19.3. The highest BCUT2D eigenvalue weighted by molar-refractivity contribution is 5.33. The minimum Gasteiger partial charge on any atom is -0.381 e. The van der Waals surface area contributed by atoms with Gasteiger partial charge in [0.05, 0.1) is 17.8 Å². The Balaban J connectivity index is 1.52. The second-order valence-corrected chi connectivity index (χ2v) is 7.42. The molecule has 3 aliphatic heterocycles. The minimum absolute atomic E-state index is 0.109. The molecular formula is C17H23F3N4O. The van der Waals surface area contributed by atoms with Crippen molar-refractivity contribution in [2.75, 3.05) is 44.3 Å². The van der Waals surface area contributed by atoms with Crippen molar-refractivity contribution in [2.45, 2.75) is 37.6 Å². The van der Waals surface area contributed by atoms with Gasteiger partial charge in [0.2, 0.25) is 5.95 Å². The number of aromatic nitrogens is 2. The van der Waals surface area contributed by atoms with E-state index in [1.807, 2.05) is 0 Å².